The molecule has 0 saturated heterocycles. The number of aryl methyl sites for hydroxylation is 2. The van der Waals surface area contributed by atoms with E-state index in [1.807, 2.05) is 6.07 Å². The molecule has 0 saturated carbocycles. The molecule has 0 fully saturated rings. The Morgan fingerprint density at radius 3 is 2.86 bits per heavy atom. The first-order valence-corrected chi connectivity index (χ1v) is 7.49. The third-order valence-corrected chi connectivity index (χ3v) is 3.67. The molecule has 21 heavy (non-hydrogen) atoms. The highest BCUT2D eigenvalue weighted by Crippen LogP contribution is 2.21. The smallest absolute Gasteiger partial charge is 0.220 e. The van der Waals surface area contributed by atoms with Gasteiger partial charge in [-0.15, -0.1) is 0 Å². The molecule has 4 nitrogen and oxygen atoms in total. The van der Waals surface area contributed by atoms with Crippen molar-refractivity contribution >= 4 is 29.1 Å². The van der Waals surface area contributed by atoms with Crippen LogP contribution in [0.25, 0.3) is 0 Å². The molecule has 2 rings (SSSR count). The Hall–Kier alpha value is -1.52. The molecule has 0 spiro atoms. The van der Waals surface area contributed by atoms with Crippen molar-refractivity contribution in [2.75, 3.05) is 6.54 Å². The van der Waals surface area contributed by atoms with Gasteiger partial charge in [0.05, 0.1) is 6.20 Å². The molecule has 1 N–H and O–H groups in total. The summed E-state index contributed by atoms with van der Waals surface area (Å²) in [6.07, 6.45) is 6.01. The lowest BCUT2D eigenvalue weighted by molar-refractivity contribution is -0.121. The number of carbonyl (C=O) groups is 1. The second kappa shape index (κ2) is 8.05. The van der Waals surface area contributed by atoms with Crippen LogP contribution in [0.3, 0.4) is 0 Å². The van der Waals surface area contributed by atoms with Crippen LogP contribution in [-0.4, -0.2) is 17.6 Å². The first-order valence-electron chi connectivity index (χ1n) is 6.74. The molecule has 1 aromatic heterocycles. The van der Waals surface area contributed by atoms with Gasteiger partial charge >= 0.3 is 0 Å². The first-order chi connectivity index (χ1) is 10.1. The topological polar surface area (TPSA) is 55.1 Å². The van der Waals surface area contributed by atoms with Crippen molar-refractivity contribution in [2.45, 2.75) is 25.7 Å². The van der Waals surface area contributed by atoms with Crippen LogP contribution in [0.4, 0.5) is 0 Å². The molecular weight excluding hydrogens is 311 g/mol. The number of aromatic nitrogens is 1. The maximum atomic E-state index is 11.7. The third-order valence-electron chi connectivity index (χ3n) is 3.08. The number of amides is 1. The van der Waals surface area contributed by atoms with Crippen LogP contribution < -0.4 is 5.32 Å². The van der Waals surface area contributed by atoms with Crippen LogP contribution in [0.1, 0.15) is 24.0 Å². The number of hydrogen-bond acceptors (Lipinski definition) is 3. The number of carbonyl (C=O) groups excluding carboxylic acids is 1. The predicted molar refractivity (Wildman–Crippen MR) is 82.6 cm³/mol. The van der Waals surface area contributed by atoms with Crippen LogP contribution >= 0.6 is 23.2 Å². The summed E-state index contributed by atoms with van der Waals surface area (Å²) in [5.74, 6) is 0.0198. The van der Waals surface area contributed by atoms with E-state index < -0.39 is 0 Å². The van der Waals surface area contributed by atoms with Gasteiger partial charge in [-0.2, -0.15) is 0 Å². The highest BCUT2D eigenvalue weighted by molar-refractivity contribution is 6.35. The average molecular weight is 327 g/mol. The Labute approximate surface area is 133 Å². The van der Waals surface area contributed by atoms with E-state index >= 15 is 0 Å². The maximum absolute atomic E-state index is 11.7. The molecule has 0 atom stereocenters. The van der Waals surface area contributed by atoms with Gasteiger partial charge in [0.15, 0.2) is 0 Å². The lowest BCUT2D eigenvalue weighted by Gasteiger charge is -2.06. The summed E-state index contributed by atoms with van der Waals surface area (Å²) < 4.78 is 4.74. The molecule has 2 aromatic rings. The van der Waals surface area contributed by atoms with Crippen molar-refractivity contribution in [2.24, 2.45) is 0 Å². The molecule has 6 heteroatoms. The minimum absolute atomic E-state index is 0.0198. The van der Waals surface area contributed by atoms with E-state index in [1.165, 1.54) is 0 Å². The summed E-state index contributed by atoms with van der Waals surface area (Å²) >= 11 is 11.9. The van der Waals surface area contributed by atoms with Crippen molar-refractivity contribution in [3.63, 3.8) is 0 Å². The zero-order valence-electron chi connectivity index (χ0n) is 11.4. The number of nitrogens with one attached hydrogen (secondary N) is 1. The van der Waals surface area contributed by atoms with Crippen molar-refractivity contribution in [3.05, 3.63) is 51.8 Å². The lowest BCUT2D eigenvalue weighted by atomic mass is 10.1. The van der Waals surface area contributed by atoms with Gasteiger partial charge in [-0.3, -0.25) is 4.79 Å². The Balaban J connectivity index is 1.65. The van der Waals surface area contributed by atoms with Crippen molar-refractivity contribution in [1.29, 1.82) is 0 Å². The van der Waals surface area contributed by atoms with Crippen LogP contribution in [0.2, 0.25) is 10.0 Å². The molecule has 1 amide bonds. The van der Waals surface area contributed by atoms with Crippen LogP contribution in [0, 0.1) is 0 Å². The minimum atomic E-state index is 0.0198. The summed E-state index contributed by atoms with van der Waals surface area (Å²) in [7, 11) is 0. The fourth-order valence-corrected chi connectivity index (χ4v) is 2.43. The second-order valence-electron chi connectivity index (χ2n) is 4.72. The van der Waals surface area contributed by atoms with E-state index in [0.29, 0.717) is 29.4 Å². The van der Waals surface area contributed by atoms with Crippen molar-refractivity contribution < 1.29 is 9.32 Å². The van der Waals surface area contributed by atoms with Crippen molar-refractivity contribution in [3.8, 4) is 0 Å². The molecule has 0 aliphatic carbocycles. The minimum Gasteiger partial charge on any atom is -0.364 e. The maximum Gasteiger partial charge on any atom is 0.220 e. The standard InChI is InChI=1S/C15H16Cl2N2O2/c16-13-5-3-12(14(17)8-13)4-6-15(20)18-7-1-2-11-9-19-21-10-11/h3,5,8-10H,1-2,4,6-7H2,(H,18,20). The molecular formula is C15H16Cl2N2O2. The number of benzene rings is 1. The van der Waals surface area contributed by atoms with Gasteiger partial charge in [-0.1, -0.05) is 34.4 Å². The van der Waals surface area contributed by atoms with Gasteiger partial charge in [0, 0.05) is 28.6 Å². The summed E-state index contributed by atoms with van der Waals surface area (Å²) in [6.45, 7) is 0.637. The molecule has 1 aromatic carbocycles. The van der Waals surface area contributed by atoms with E-state index in [0.717, 1.165) is 24.0 Å². The Morgan fingerprint density at radius 2 is 2.14 bits per heavy atom. The van der Waals surface area contributed by atoms with Gasteiger partial charge in [-0.05, 0) is 37.0 Å². The van der Waals surface area contributed by atoms with E-state index in [-0.39, 0.29) is 5.91 Å². The fourth-order valence-electron chi connectivity index (χ4n) is 1.93. The van der Waals surface area contributed by atoms with E-state index in [9.17, 15) is 4.79 Å². The van der Waals surface area contributed by atoms with E-state index in [4.69, 9.17) is 27.7 Å². The summed E-state index contributed by atoms with van der Waals surface area (Å²) in [4.78, 5) is 11.7. The lowest BCUT2D eigenvalue weighted by Crippen LogP contribution is -2.24. The van der Waals surface area contributed by atoms with Gasteiger partial charge < -0.3 is 9.84 Å². The zero-order valence-corrected chi connectivity index (χ0v) is 13.0. The molecule has 0 radical (unpaired) electrons. The van der Waals surface area contributed by atoms with Crippen LogP contribution in [-0.2, 0) is 17.6 Å². The second-order valence-corrected chi connectivity index (χ2v) is 5.57. The van der Waals surface area contributed by atoms with Crippen LogP contribution in [0.5, 0.6) is 0 Å². The SMILES string of the molecule is O=C(CCc1ccc(Cl)cc1Cl)NCCCc1cnoc1. The number of hydrogen-bond donors (Lipinski definition) is 1. The molecule has 1 heterocycles. The predicted octanol–water partition coefficient (Wildman–Crippen LogP) is 3.66. The normalized spacial score (nSPS) is 10.6. The highest BCUT2D eigenvalue weighted by Gasteiger charge is 2.05. The van der Waals surface area contributed by atoms with Gasteiger partial charge in [-0.25, -0.2) is 0 Å². The Bertz CT molecular complexity index is 585. The average Bonchev–Trinajstić information content (AvgIpc) is 2.96. The quantitative estimate of drug-likeness (QED) is 0.790. The number of halogens is 2. The summed E-state index contributed by atoms with van der Waals surface area (Å²) in [5.41, 5.74) is 1.97. The monoisotopic (exact) mass is 326 g/mol. The molecule has 0 bridgehead atoms. The highest BCUT2D eigenvalue weighted by atomic mass is 35.5. The largest absolute Gasteiger partial charge is 0.364 e. The molecule has 0 aliphatic heterocycles. The molecule has 0 unspecified atom stereocenters. The zero-order chi connectivity index (χ0) is 15.1. The Morgan fingerprint density at radius 1 is 1.29 bits per heavy atom. The van der Waals surface area contributed by atoms with Gasteiger partial charge in [0.2, 0.25) is 5.91 Å². The summed E-state index contributed by atoms with van der Waals surface area (Å²) in [5, 5.41) is 7.72. The summed E-state index contributed by atoms with van der Waals surface area (Å²) in [6, 6.07) is 5.32. The third kappa shape index (κ3) is 5.40. The van der Waals surface area contributed by atoms with Gasteiger partial charge in [0.25, 0.3) is 0 Å². The van der Waals surface area contributed by atoms with Gasteiger partial charge in [0.1, 0.15) is 6.26 Å². The van der Waals surface area contributed by atoms with E-state index in [1.54, 1.807) is 24.6 Å². The Kier molecular flexibility index (Phi) is 6.08. The fraction of sp³-hybridized carbons (Fsp3) is 0.333. The van der Waals surface area contributed by atoms with Crippen LogP contribution in [0.15, 0.2) is 35.2 Å². The molecule has 112 valence electrons. The van der Waals surface area contributed by atoms with Crippen molar-refractivity contribution in [1.82, 2.24) is 10.5 Å². The number of nitrogens with zero attached hydrogens (tertiary/aromatic N) is 1. The van der Waals surface area contributed by atoms with E-state index in [2.05, 4.69) is 10.5 Å². The molecule has 0 aliphatic rings. The number of rotatable bonds is 7. The first kappa shape index (κ1) is 15.9.